The summed E-state index contributed by atoms with van der Waals surface area (Å²) in [6.07, 6.45) is 3.85. The molecule has 106 valence electrons. The van der Waals surface area contributed by atoms with E-state index in [0.717, 1.165) is 38.0 Å². The van der Waals surface area contributed by atoms with Gasteiger partial charge in [0, 0.05) is 19.1 Å². The molecule has 1 fully saturated rings. The molecule has 0 bridgehead atoms. The number of hydrogen-bond acceptors (Lipinski definition) is 5. The van der Waals surface area contributed by atoms with E-state index in [1.54, 1.807) is 7.11 Å². The van der Waals surface area contributed by atoms with Crippen LogP contribution in [0.25, 0.3) is 0 Å². The Kier molecular flexibility index (Phi) is 4.58. The van der Waals surface area contributed by atoms with Crippen LogP contribution in [0.5, 0.6) is 11.9 Å². The van der Waals surface area contributed by atoms with Crippen LogP contribution in [-0.2, 0) is 11.2 Å². The van der Waals surface area contributed by atoms with Gasteiger partial charge in [-0.05, 0) is 26.2 Å². The number of methoxy groups -OCH3 is 1. The predicted octanol–water partition coefficient (Wildman–Crippen LogP) is 2.39. The summed E-state index contributed by atoms with van der Waals surface area (Å²) in [6, 6.07) is 2.24. The van der Waals surface area contributed by atoms with Crippen molar-refractivity contribution < 1.29 is 14.2 Å². The minimum absolute atomic E-state index is 0.124. The van der Waals surface area contributed by atoms with Crippen molar-refractivity contribution in [2.75, 3.05) is 20.3 Å². The number of nitrogens with zero attached hydrogens (tertiary/aromatic N) is 2. The zero-order valence-electron chi connectivity index (χ0n) is 11.9. The molecule has 0 spiro atoms. The van der Waals surface area contributed by atoms with Gasteiger partial charge in [0.05, 0.1) is 25.0 Å². The molecule has 0 unspecified atom stereocenters. The first-order chi connectivity index (χ1) is 9.15. The van der Waals surface area contributed by atoms with Gasteiger partial charge in [-0.1, -0.05) is 6.92 Å². The molecular formula is C14H22N2O3. The van der Waals surface area contributed by atoms with Crippen LogP contribution in [0.3, 0.4) is 0 Å². The Balaban J connectivity index is 2.14. The van der Waals surface area contributed by atoms with Crippen molar-refractivity contribution in [3.05, 3.63) is 11.8 Å². The van der Waals surface area contributed by atoms with E-state index in [1.807, 2.05) is 6.07 Å². The van der Waals surface area contributed by atoms with Gasteiger partial charge >= 0.3 is 6.01 Å². The maximum absolute atomic E-state index is 5.80. The predicted molar refractivity (Wildman–Crippen MR) is 71.7 cm³/mol. The second-order valence-electron chi connectivity index (χ2n) is 5.11. The smallest absolute Gasteiger partial charge is 0.319 e. The minimum Gasteiger partial charge on any atom is -0.481 e. The molecule has 0 aliphatic carbocycles. The van der Waals surface area contributed by atoms with Crippen molar-refractivity contribution in [3.8, 4) is 11.9 Å². The largest absolute Gasteiger partial charge is 0.481 e. The van der Waals surface area contributed by atoms with E-state index >= 15 is 0 Å². The molecule has 2 heterocycles. The molecule has 0 radical (unpaired) electrons. The van der Waals surface area contributed by atoms with Crippen LogP contribution in [0.1, 0.15) is 38.8 Å². The van der Waals surface area contributed by atoms with Crippen molar-refractivity contribution in [2.45, 2.75) is 45.1 Å². The van der Waals surface area contributed by atoms with Gasteiger partial charge in [-0.2, -0.15) is 9.97 Å². The Bertz CT molecular complexity index is 417. The van der Waals surface area contributed by atoms with Crippen LogP contribution >= 0.6 is 0 Å². The SMILES string of the molecule is CCCOc1nc(C[C@]2(C)CCCO2)cc(OC)n1. The molecule has 1 aromatic heterocycles. The Morgan fingerprint density at radius 1 is 1.42 bits per heavy atom. The molecule has 5 heteroatoms. The minimum atomic E-state index is -0.124. The molecule has 0 amide bonds. The maximum Gasteiger partial charge on any atom is 0.319 e. The Labute approximate surface area is 114 Å². The Morgan fingerprint density at radius 2 is 2.26 bits per heavy atom. The van der Waals surface area contributed by atoms with E-state index in [1.165, 1.54) is 0 Å². The zero-order chi connectivity index (χ0) is 13.7. The van der Waals surface area contributed by atoms with E-state index in [0.29, 0.717) is 18.5 Å². The maximum atomic E-state index is 5.80. The van der Waals surface area contributed by atoms with E-state index < -0.39 is 0 Å². The molecule has 1 aliphatic rings. The van der Waals surface area contributed by atoms with Gasteiger partial charge in [0.2, 0.25) is 5.88 Å². The van der Waals surface area contributed by atoms with Gasteiger partial charge in [-0.15, -0.1) is 0 Å². The first kappa shape index (κ1) is 14.1. The molecule has 0 N–H and O–H groups in total. The lowest BCUT2D eigenvalue weighted by atomic mass is 9.96. The van der Waals surface area contributed by atoms with Crippen molar-refractivity contribution in [1.29, 1.82) is 0 Å². The summed E-state index contributed by atoms with van der Waals surface area (Å²) < 4.78 is 16.5. The van der Waals surface area contributed by atoms with Crippen molar-refractivity contribution in [3.63, 3.8) is 0 Å². The quantitative estimate of drug-likeness (QED) is 0.791. The average Bonchev–Trinajstić information content (AvgIpc) is 2.82. The number of rotatable bonds is 6. The van der Waals surface area contributed by atoms with Gasteiger partial charge in [0.25, 0.3) is 0 Å². The van der Waals surface area contributed by atoms with E-state index in [4.69, 9.17) is 14.2 Å². The normalized spacial score (nSPS) is 22.5. The third-order valence-electron chi connectivity index (χ3n) is 3.24. The zero-order valence-corrected chi connectivity index (χ0v) is 11.9. The summed E-state index contributed by atoms with van der Waals surface area (Å²) >= 11 is 0. The lowest BCUT2D eigenvalue weighted by molar-refractivity contribution is 0.0198. The first-order valence-corrected chi connectivity index (χ1v) is 6.84. The molecule has 0 saturated carbocycles. The molecule has 2 rings (SSSR count). The summed E-state index contributed by atoms with van der Waals surface area (Å²) in [4.78, 5) is 8.62. The number of aromatic nitrogens is 2. The van der Waals surface area contributed by atoms with Crippen LogP contribution in [0.4, 0.5) is 0 Å². The average molecular weight is 266 g/mol. The van der Waals surface area contributed by atoms with E-state index in [9.17, 15) is 0 Å². The standard InChI is InChI=1S/C14H22N2O3/c1-4-7-18-13-15-11(9-12(16-13)17-3)10-14(2)6-5-8-19-14/h9H,4-8,10H2,1-3H3/t14-/m0/s1. The summed E-state index contributed by atoms with van der Waals surface area (Å²) in [6.45, 7) is 5.62. The lowest BCUT2D eigenvalue weighted by Crippen LogP contribution is -2.26. The van der Waals surface area contributed by atoms with Crippen molar-refractivity contribution in [1.82, 2.24) is 9.97 Å². The van der Waals surface area contributed by atoms with Gasteiger partial charge in [-0.25, -0.2) is 0 Å². The summed E-state index contributed by atoms with van der Waals surface area (Å²) in [5, 5.41) is 0. The van der Waals surface area contributed by atoms with E-state index in [2.05, 4.69) is 23.8 Å². The third kappa shape index (κ3) is 3.80. The highest BCUT2D eigenvalue weighted by Gasteiger charge is 2.30. The monoisotopic (exact) mass is 266 g/mol. The Hall–Kier alpha value is -1.36. The van der Waals surface area contributed by atoms with Gasteiger partial charge in [-0.3, -0.25) is 0 Å². The number of hydrogen-bond donors (Lipinski definition) is 0. The Morgan fingerprint density at radius 3 is 2.89 bits per heavy atom. The van der Waals surface area contributed by atoms with Gasteiger partial charge < -0.3 is 14.2 Å². The number of ether oxygens (including phenoxy) is 3. The summed E-state index contributed by atoms with van der Waals surface area (Å²) in [7, 11) is 1.60. The summed E-state index contributed by atoms with van der Waals surface area (Å²) in [5.74, 6) is 0.540. The lowest BCUT2D eigenvalue weighted by Gasteiger charge is -2.22. The molecule has 1 atom stereocenters. The van der Waals surface area contributed by atoms with Gasteiger partial charge in [0.1, 0.15) is 0 Å². The molecule has 1 aromatic rings. The van der Waals surface area contributed by atoms with Crippen LogP contribution in [0.2, 0.25) is 0 Å². The topological polar surface area (TPSA) is 53.5 Å². The fourth-order valence-corrected chi connectivity index (χ4v) is 2.26. The second-order valence-corrected chi connectivity index (χ2v) is 5.11. The molecular weight excluding hydrogens is 244 g/mol. The highest BCUT2D eigenvalue weighted by Crippen LogP contribution is 2.29. The third-order valence-corrected chi connectivity index (χ3v) is 3.24. The summed E-state index contributed by atoms with van der Waals surface area (Å²) in [5.41, 5.74) is 0.781. The first-order valence-electron chi connectivity index (χ1n) is 6.84. The molecule has 1 aliphatic heterocycles. The van der Waals surface area contributed by atoms with E-state index in [-0.39, 0.29) is 5.60 Å². The molecule has 0 aromatic carbocycles. The van der Waals surface area contributed by atoms with Crippen LogP contribution in [-0.4, -0.2) is 35.9 Å². The van der Waals surface area contributed by atoms with Crippen LogP contribution in [0.15, 0.2) is 6.07 Å². The van der Waals surface area contributed by atoms with Crippen LogP contribution in [0, 0.1) is 0 Å². The van der Waals surface area contributed by atoms with Gasteiger partial charge in [0.15, 0.2) is 0 Å². The fraction of sp³-hybridized carbons (Fsp3) is 0.714. The van der Waals surface area contributed by atoms with Crippen LogP contribution < -0.4 is 9.47 Å². The molecule has 19 heavy (non-hydrogen) atoms. The highest BCUT2D eigenvalue weighted by atomic mass is 16.5. The van der Waals surface area contributed by atoms with Crippen molar-refractivity contribution >= 4 is 0 Å². The highest BCUT2D eigenvalue weighted by molar-refractivity contribution is 5.20. The second kappa shape index (κ2) is 6.19. The van der Waals surface area contributed by atoms with Crippen molar-refractivity contribution in [2.24, 2.45) is 0 Å². The molecule has 1 saturated heterocycles. The fourth-order valence-electron chi connectivity index (χ4n) is 2.26. The molecule has 5 nitrogen and oxygen atoms in total.